The fourth-order valence-corrected chi connectivity index (χ4v) is 3.09. The van der Waals surface area contributed by atoms with Gasteiger partial charge in [0, 0.05) is 11.8 Å². The smallest absolute Gasteiger partial charge is 0.377 e. The molecular weight excluding hydrogens is 361 g/mol. The maximum Gasteiger partial charge on any atom is 0.377 e. The average molecular weight is 375 g/mol. The molecule has 0 bridgehead atoms. The van der Waals surface area contributed by atoms with E-state index in [1.165, 1.54) is 43.5 Å². The number of methoxy groups -OCH3 is 1. The molecule has 134 valence electrons. The Kier molecular flexibility index (Phi) is 4.60. The van der Waals surface area contributed by atoms with Crippen LogP contribution in [0, 0.1) is 5.82 Å². The lowest BCUT2D eigenvalue weighted by molar-refractivity contribution is 0.0556. The lowest BCUT2D eigenvalue weighted by atomic mass is 9.99. The molecule has 0 fully saturated rings. The van der Waals surface area contributed by atoms with E-state index in [4.69, 9.17) is 9.26 Å². The minimum Gasteiger partial charge on any atom is -0.463 e. The highest BCUT2D eigenvalue weighted by molar-refractivity contribution is 7.90. The van der Waals surface area contributed by atoms with E-state index in [1.807, 2.05) is 0 Å². The minimum atomic E-state index is -3.36. The summed E-state index contributed by atoms with van der Waals surface area (Å²) in [6.45, 7) is 0. The van der Waals surface area contributed by atoms with Gasteiger partial charge in [-0.2, -0.15) is 0 Å². The van der Waals surface area contributed by atoms with Crippen molar-refractivity contribution in [2.45, 2.75) is 4.90 Å². The highest BCUT2D eigenvalue weighted by Gasteiger charge is 2.25. The van der Waals surface area contributed by atoms with Crippen molar-refractivity contribution in [3.8, 4) is 22.4 Å². The molecule has 3 rings (SSSR count). The fourth-order valence-electron chi connectivity index (χ4n) is 2.46. The molecule has 0 aliphatic carbocycles. The molecule has 0 amide bonds. The van der Waals surface area contributed by atoms with Crippen LogP contribution < -0.4 is 0 Å². The Hall–Kier alpha value is -3.00. The van der Waals surface area contributed by atoms with Gasteiger partial charge in [0.1, 0.15) is 11.5 Å². The number of carbonyl (C=O) groups excluding carboxylic acids is 1. The average Bonchev–Trinajstić information content (AvgIpc) is 3.06. The first kappa shape index (κ1) is 17.8. The molecule has 0 atom stereocenters. The number of hydrogen-bond donors (Lipinski definition) is 0. The second-order valence-electron chi connectivity index (χ2n) is 5.53. The lowest BCUT2D eigenvalue weighted by Crippen LogP contribution is -2.02. The standard InChI is InChI=1S/C18H14FNO5S/c1-24-18(21)17-15(11-5-9-14(10-6-11)26(2,22)23)16(20-25-17)12-3-7-13(19)8-4-12/h3-10H,1-2H3. The van der Waals surface area contributed by atoms with Crippen molar-refractivity contribution in [1.29, 1.82) is 0 Å². The number of nitrogens with zero attached hydrogens (tertiary/aromatic N) is 1. The predicted octanol–water partition coefficient (Wildman–Crippen LogP) is 3.34. The molecule has 0 N–H and O–H groups in total. The van der Waals surface area contributed by atoms with Gasteiger partial charge in [-0.1, -0.05) is 17.3 Å². The van der Waals surface area contributed by atoms with E-state index < -0.39 is 21.6 Å². The monoisotopic (exact) mass is 375 g/mol. The lowest BCUT2D eigenvalue weighted by Gasteiger charge is -2.05. The summed E-state index contributed by atoms with van der Waals surface area (Å²) in [7, 11) is -2.15. The zero-order chi connectivity index (χ0) is 18.9. The Bertz CT molecular complexity index is 1050. The van der Waals surface area contributed by atoms with Gasteiger partial charge in [-0.15, -0.1) is 0 Å². The topological polar surface area (TPSA) is 86.5 Å². The Morgan fingerprint density at radius 2 is 1.62 bits per heavy atom. The summed E-state index contributed by atoms with van der Waals surface area (Å²) >= 11 is 0. The number of carbonyl (C=O) groups is 1. The van der Waals surface area contributed by atoms with E-state index in [1.54, 1.807) is 12.1 Å². The van der Waals surface area contributed by atoms with Crippen molar-refractivity contribution < 1.29 is 26.9 Å². The van der Waals surface area contributed by atoms with Gasteiger partial charge in [-0.05, 0) is 42.0 Å². The van der Waals surface area contributed by atoms with Crippen molar-refractivity contribution in [2.75, 3.05) is 13.4 Å². The number of benzene rings is 2. The first-order valence-electron chi connectivity index (χ1n) is 7.45. The number of sulfone groups is 1. The quantitative estimate of drug-likeness (QED) is 0.650. The van der Waals surface area contributed by atoms with Crippen LogP contribution in [0.2, 0.25) is 0 Å². The molecule has 0 saturated heterocycles. The zero-order valence-corrected chi connectivity index (χ0v) is 14.7. The first-order valence-corrected chi connectivity index (χ1v) is 9.35. The molecule has 1 heterocycles. The molecule has 2 aromatic carbocycles. The molecule has 26 heavy (non-hydrogen) atoms. The maximum atomic E-state index is 13.2. The van der Waals surface area contributed by atoms with Gasteiger partial charge < -0.3 is 9.26 Å². The van der Waals surface area contributed by atoms with E-state index in [0.717, 1.165) is 6.26 Å². The van der Waals surface area contributed by atoms with Gasteiger partial charge in [-0.3, -0.25) is 0 Å². The summed E-state index contributed by atoms with van der Waals surface area (Å²) in [5, 5.41) is 3.92. The number of halogens is 1. The number of esters is 1. The minimum absolute atomic E-state index is 0.126. The third kappa shape index (κ3) is 3.36. The Balaban J connectivity index is 2.19. The van der Waals surface area contributed by atoms with Crippen LogP contribution in [0.4, 0.5) is 4.39 Å². The number of rotatable bonds is 4. The van der Waals surface area contributed by atoms with Crippen molar-refractivity contribution in [2.24, 2.45) is 0 Å². The van der Waals surface area contributed by atoms with Crippen LogP contribution in [0.15, 0.2) is 57.9 Å². The Morgan fingerprint density at radius 1 is 1.04 bits per heavy atom. The van der Waals surface area contributed by atoms with Gasteiger partial charge in [0.2, 0.25) is 0 Å². The summed E-state index contributed by atoms with van der Waals surface area (Å²) < 4.78 is 46.3. The second-order valence-corrected chi connectivity index (χ2v) is 7.55. The molecule has 6 nitrogen and oxygen atoms in total. The summed E-state index contributed by atoms with van der Waals surface area (Å²) in [5.74, 6) is -1.27. The van der Waals surface area contributed by atoms with E-state index in [2.05, 4.69) is 5.16 Å². The molecule has 8 heteroatoms. The molecule has 0 saturated carbocycles. The molecule has 0 unspecified atom stereocenters. The summed E-state index contributed by atoms with van der Waals surface area (Å²) in [4.78, 5) is 12.2. The van der Waals surface area contributed by atoms with E-state index in [-0.39, 0.29) is 10.7 Å². The highest BCUT2D eigenvalue weighted by Crippen LogP contribution is 2.35. The van der Waals surface area contributed by atoms with E-state index in [9.17, 15) is 17.6 Å². The number of ether oxygens (including phenoxy) is 1. The van der Waals surface area contributed by atoms with Crippen molar-refractivity contribution in [1.82, 2.24) is 5.16 Å². The maximum absolute atomic E-state index is 13.2. The van der Waals surface area contributed by atoms with Crippen molar-refractivity contribution in [3.05, 3.63) is 60.1 Å². The highest BCUT2D eigenvalue weighted by atomic mass is 32.2. The third-order valence-electron chi connectivity index (χ3n) is 3.75. The van der Waals surface area contributed by atoms with Crippen LogP contribution in [-0.2, 0) is 14.6 Å². The van der Waals surface area contributed by atoms with Crippen LogP contribution in [0.3, 0.4) is 0 Å². The van der Waals surface area contributed by atoms with Gasteiger partial charge in [0.15, 0.2) is 9.84 Å². The molecule has 0 spiro atoms. The van der Waals surface area contributed by atoms with Gasteiger partial charge >= 0.3 is 5.97 Å². The van der Waals surface area contributed by atoms with Gasteiger partial charge in [-0.25, -0.2) is 17.6 Å². The summed E-state index contributed by atoms with van der Waals surface area (Å²) in [6, 6.07) is 11.5. The van der Waals surface area contributed by atoms with Crippen molar-refractivity contribution in [3.63, 3.8) is 0 Å². The van der Waals surface area contributed by atoms with Crippen LogP contribution in [0.1, 0.15) is 10.6 Å². The number of hydrogen-bond acceptors (Lipinski definition) is 6. The van der Waals surface area contributed by atoms with Gasteiger partial charge in [0.25, 0.3) is 5.76 Å². The zero-order valence-electron chi connectivity index (χ0n) is 13.9. The summed E-state index contributed by atoms with van der Waals surface area (Å²) in [6.07, 6.45) is 1.10. The summed E-state index contributed by atoms with van der Waals surface area (Å²) in [5.41, 5.74) is 1.70. The van der Waals surface area contributed by atoms with Crippen LogP contribution in [0.25, 0.3) is 22.4 Å². The molecule has 3 aromatic rings. The normalized spacial score (nSPS) is 11.3. The molecule has 0 aliphatic rings. The molecular formula is C18H14FNO5S. The predicted molar refractivity (Wildman–Crippen MR) is 91.8 cm³/mol. The SMILES string of the molecule is COC(=O)c1onc(-c2ccc(F)cc2)c1-c1ccc(S(C)(=O)=O)cc1. The Labute approximate surface area is 149 Å². The Morgan fingerprint density at radius 3 is 2.15 bits per heavy atom. The van der Waals surface area contributed by atoms with Crippen LogP contribution in [0.5, 0.6) is 0 Å². The van der Waals surface area contributed by atoms with E-state index >= 15 is 0 Å². The largest absolute Gasteiger partial charge is 0.463 e. The fraction of sp³-hybridized carbons (Fsp3) is 0.111. The first-order chi connectivity index (χ1) is 12.3. The second kappa shape index (κ2) is 6.72. The molecule has 0 radical (unpaired) electrons. The third-order valence-corrected chi connectivity index (χ3v) is 4.88. The van der Waals surface area contributed by atoms with Gasteiger partial charge in [0.05, 0.1) is 17.6 Å². The van der Waals surface area contributed by atoms with E-state index in [0.29, 0.717) is 22.4 Å². The molecule has 0 aliphatic heterocycles. The van der Waals surface area contributed by atoms with Crippen LogP contribution in [-0.4, -0.2) is 32.9 Å². The van der Waals surface area contributed by atoms with Crippen molar-refractivity contribution >= 4 is 15.8 Å². The van der Waals surface area contributed by atoms with Crippen LogP contribution >= 0.6 is 0 Å². The molecule has 1 aromatic heterocycles. The number of aromatic nitrogens is 1.